The number of carbonyl (C=O) groups is 1. The van der Waals surface area contributed by atoms with Crippen LogP contribution in [0, 0.1) is 11.8 Å². The van der Waals surface area contributed by atoms with E-state index in [4.69, 9.17) is 0 Å². The molecule has 0 radical (unpaired) electrons. The molecule has 2 rings (SSSR count). The molecule has 60 valence electrons. The maximum atomic E-state index is 11.4. The Hall–Kier alpha value is -0.590. The average Bonchev–Trinajstić information content (AvgIpc) is 2.06. The summed E-state index contributed by atoms with van der Waals surface area (Å²) in [6.45, 7) is 0. The number of hydrogen-bond acceptors (Lipinski definition) is 1. The number of fused-ring (bicyclic) bond motifs is 1. The molecule has 0 aromatic carbocycles. The highest BCUT2D eigenvalue weighted by molar-refractivity contribution is 5.82. The molecule has 1 saturated carbocycles. The first-order chi connectivity index (χ1) is 5.38. The summed E-state index contributed by atoms with van der Waals surface area (Å²) in [6, 6.07) is 0. The summed E-state index contributed by atoms with van der Waals surface area (Å²) in [4.78, 5) is 11.4. The predicted molar refractivity (Wildman–Crippen MR) is 44.2 cm³/mol. The van der Waals surface area contributed by atoms with Gasteiger partial charge in [-0.25, -0.2) is 0 Å². The second kappa shape index (κ2) is 2.80. The Balaban J connectivity index is 2.13. The van der Waals surface area contributed by atoms with E-state index >= 15 is 0 Å². The zero-order valence-electron chi connectivity index (χ0n) is 6.75. The molecule has 0 spiro atoms. The molecule has 1 nitrogen and oxygen atoms in total. The molecule has 0 N–H and O–H groups in total. The molecule has 11 heavy (non-hydrogen) atoms. The van der Waals surface area contributed by atoms with Crippen molar-refractivity contribution in [1.29, 1.82) is 0 Å². The van der Waals surface area contributed by atoms with Gasteiger partial charge in [-0.3, -0.25) is 4.79 Å². The SMILES string of the molecule is O=C1CCCC2CC=CC[C@H]12. The van der Waals surface area contributed by atoms with Crippen LogP contribution >= 0.6 is 0 Å². The maximum absolute atomic E-state index is 11.4. The van der Waals surface area contributed by atoms with Crippen molar-refractivity contribution in [2.75, 3.05) is 0 Å². The molecule has 0 heterocycles. The molecule has 2 atom stereocenters. The number of hydrogen-bond donors (Lipinski definition) is 0. The second-order valence-electron chi connectivity index (χ2n) is 3.67. The number of rotatable bonds is 0. The van der Waals surface area contributed by atoms with Crippen LogP contribution in [0.1, 0.15) is 32.1 Å². The summed E-state index contributed by atoms with van der Waals surface area (Å²) in [5.41, 5.74) is 0. The monoisotopic (exact) mass is 150 g/mol. The molecule has 0 amide bonds. The van der Waals surface area contributed by atoms with Gasteiger partial charge >= 0.3 is 0 Å². The van der Waals surface area contributed by atoms with E-state index in [1.165, 1.54) is 6.42 Å². The molecule has 2 aliphatic carbocycles. The molecular formula is C10H14O. The van der Waals surface area contributed by atoms with E-state index in [1.54, 1.807) is 0 Å². The zero-order valence-corrected chi connectivity index (χ0v) is 6.75. The first-order valence-electron chi connectivity index (χ1n) is 4.55. The van der Waals surface area contributed by atoms with Crippen molar-refractivity contribution < 1.29 is 4.79 Å². The summed E-state index contributed by atoms with van der Waals surface area (Å²) in [5, 5.41) is 0. The van der Waals surface area contributed by atoms with Crippen molar-refractivity contribution in [2.45, 2.75) is 32.1 Å². The Bertz CT molecular complexity index is 193. The minimum absolute atomic E-state index is 0.397. The van der Waals surface area contributed by atoms with Gasteiger partial charge in [-0.05, 0) is 31.6 Å². The lowest BCUT2D eigenvalue weighted by Crippen LogP contribution is -2.29. The highest BCUT2D eigenvalue weighted by Crippen LogP contribution is 2.35. The van der Waals surface area contributed by atoms with Crippen LogP contribution in [-0.4, -0.2) is 5.78 Å². The van der Waals surface area contributed by atoms with Crippen LogP contribution in [0.2, 0.25) is 0 Å². The van der Waals surface area contributed by atoms with Crippen LogP contribution < -0.4 is 0 Å². The summed E-state index contributed by atoms with van der Waals surface area (Å²) in [5.74, 6) is 1.61. The molecule has 0 saturated heterocycles. The standard InChI is InChI=1S/C10H14O/c11-10-7-3-5-8-4-1-2-6-9(8)10/h1-2,8-9H,3-7H2/t8?,9-/m0/s1. The topological polar surface area (TPSA) is 17.1 Å². The van der Waals surface area contributed by atoms with Crippen LogP contribution in [0.3, 0.4) is 0 Å². The van der Waals surface area contributed by atoms with Gasteiger partial charge in [-0.15, -0.1) is 0 Å². The van der Waals surface area contributed by atoms with Gasteiger partial charge in [-0.2, -0.15) is 0 Å². The molecule has 1 heteroatoms. The Morgan fingerprint density at radius 2 is 2.09 bits per heavy atom. The zero-order chi connectivity index (χ0) is 7.68. The van der Waals surface area contributed by atoms with E-state index in [9.17, 15) is 4.79 Å². The van der Waals surface area contributed by atoms with Gasteiger partial charge < -0.3 is 0 Å². The Labute approximate surface area is 67.5 Å². The molecule has 1 unspecified atom stereocenters. The Kier molecular flexibility index (Phi) is 1.80. The van der Waals surface area contributed by atoms with Crippen molar-refractivity contribution in [2.24, 2.45) is 11.8 Å². The van der Waals surface area contributed by atoms with Gasteiger partial charge in [0.2, 0.25) is 0 Å². The van der Waals surface area contributed by atoms with Gasteiger partial charge in [0.15, 0.2) is 0 Å². The second-order valence-corrected chi connectivity index (χ2v) is 3.67. The normalized spacial score (nSPS) is 36.9. The van der Waals surface area contributed by atoms with Crippen molar-refractivity contribution in [3.8, 4) is 0 Å². The van der Waals surface area contributed by atoms with E-state index < -0.39 is 0 Å². The summed E-state index contributed by atoms with van der Waals surface area (Å²) in [6.07, 6.45) is 9.83. The minimum Gasteiger partial charge on any atom is -0.299 e. The minimum atomic E-state index is 0.397. The fourth-order valence-corrected chi connectivity index (χ4v) is 2.31. The fourth-order valence-electron chi connectivity index (χ4n) is 2.31. The Morgan fingerprint density at radius 3 is 2.91 bits per heavy atom. The summed E-state index contributed by atoms with van der Waals surface area (Å²) < 4.78 is 0. The summed E-state index contributed by atoms with van der Waals surface area (Å²) >= 11 is 0. The van der Waals surface area contributed by atoms with Gasteiger partial charge in [0.25, 0.3) is 0 Å². The maximum Gasteiger partial charge on any atom is 0.136 e. The highest BCUT2D eigenvalue weighted by Gasteiger charge is 2.31. The number of ketones is 1. The molecule has 2 aliphatic rings. The van der Waals surface area contributed by atoms with E-state index in [-0.39, 0.29) is 0 Å². The van der Waals surface area contributed by atoms with Gasteiger partial charge in [0, 0.05) is 12.3 Å². The lowest BCUT2D eigenvalue weighted by atomic mass is 9.73. The Morgan fingerprint density at radius 1 is 1.27 bits per heavy atom. The highest BCUT2D eigenvalue weighted by atomic mass is 16.1. The number of allylic oxidation sites excluding steroid dienone is 2. The van der Waals surface area contributed by atoms with Crippen LogP contribution in [-0.2, 0) is 4.79 Å². The van der Waals surface area contributed by atoms with E-state index in [1.807, 2.05) is 0 Å². The molecule has 1 fully saturated rings. The number of Topliss-reactive ketones (excluding diaryl/α,β-unsaturated/α-hetero) is 1. The first kappa shape index (κ1) is 7.08. The third kappa shape index (κ3) is 1.24. The van der Waals surface area contributed by atoms with E-state index in [0.29, 0.717) is 17.6 Å². The molecular weight excluding hydrogens is 136 g/mol. The van der Waals surface area contributed by atoms with E-state index in [2.05, 4.69) is 12.2 Å². The van der Waals surface area contributed by atoms with Crippen molar-refractivity contribution in [1.82, 2.24) is 0 Å². The van der Waals surface area contributed by atoms with Gasteiger partial charge in [0.1, 0.15) is 5.78 Å². The molecule has 0 aromatic rings. The lowest BCUT2D eigenvalue weighted by Gasteiger charge is -2.31. The van der Waals surface area contributed by atoms with Crippen LogP contribution in [0.5, 0.6) is 0 Å². The molecule has 0 aliphatic heterocycles. The third-order valence-electron chi connectivity index (χ3n) is 2.98. The van der Waals surface area contributed by atoms with Gasteiger partial charge in [-0.1, -0.05) is 12.2 Å². The van der Waals surface area contributed by atoms with Crippen LogP contribution in [0.25, 0.3) is 0 Å². The average molecular weight is 150 g/mol. The summed E-state index contributed by atoms with van der Waals surface area (Å²) in [7, 11) is 0. The van der Waals surface area contributed by atoms with Crippen molar-refractivity contribution in [3.63, 3.8) is 0 Å². The van der Waals surface area contributed by atoms with Crippen molar-refractivity contribution in [3.05, 3.63) is 12.2 Å². The van der Waals surface area contributed by atoms with Crippen LogP contribution in [0.15, 0.2) is 12.2 Å². The fraction of sp³-hybridized carbons (Fsp3) is 0.700. The van der Waals surface area contributed by atoms with E-state index in [0.717, 1.165) is 25.7 Å². The van der Waals surface area contributed by atoms with Gasteiger partial charge in [0.05, 0.1) is 0 Å². The first-order valence-corrected chi connectivity index (χ1v) is 4.55. The third-order valence-corrected chi connectivity index (χ3v) is 2.98. The predicted octanol–water partition coefficient (Wildman–Crippen LogP) is 2.32. The molecule has 0 bridgehead atoms. The lowest BCUT2D eigenvalue weighted by molar-refractivity contribution is -0.126. The largest absolute Gasteiger partial charge is 0.299 e. The quantitative estimate of drug-likeness (QED) is 0.484. The van der Waals surface area contributed by atoms with Crippen molar-refractivity contribution >= 4 is 5.78 Å². The molecule has 0 aromatic heterocycles. The number of carbonyl (C=O) groups excluding carboxylic acids is 1. The smallest absolute Gasteiger partial charge is 0.136 e. The van der Waals surface area contributed by atoms with Crippen LogP contribution in [0.4, 0.5) is 0 Å².